The quantitative estimate of drug-likeness (QED) is 0.642. The summed E-state index contributed by atoms with van der Waals surface area (Å²) in [7, 11) is 0. The van der Waals surface area contributed by atoms with Gasteiger partial charge in [-0.3, -0.25) is 9.59 Å². The lowest BCUT2D eigenvalue weighted by Gasteiger charge is -2.35. The predicted octanol–water partition coefficient (Wildman–Crippen LogP) is 3.62. The Kier molecular flexibility index (Phi) is 5.35. The largest absolute Gasteiger partial charge is 0.353 e. The van der Waals surface area contributed by atoms with Gasteiger partial charge < -0.3 is 14.7 Å². The van der Waals surface area contributed by atoms with Crippen molar-refractivity contribution in [2.45, 2.75) is 13.3 Å². The summed E-state index contributed by atoms with van der Waals surface area (Å²) in [5.74, 6) is 1.12. The second-order valence-electron chi connectivity index (χ2n) is 8.31. The number of carbonyl (C=O) groups is 2. The van der Waals surface area contributed by atoms with Gasteiger partial charge in [-0.05, 0) is 59.5 Å². The van der Waals surface area contributed by atoms with Crippen LogP contribution >= 0.6 is 0 Å². The first-order valence-corrected chi connectivity index (χ1v) is 11.1. The number of piperazine rings is 1. The lowest BCUT2D eigenvalue weighted by atomic mass is 10.00. The van der Waals surface area contributed by atoms with E-state index in [4.69, 9.17) is 0 Å². The number of hydrogen-bond donors (Lipinski definition) is 0. The molecule has 5 rings (SSSR count). The fourth-order valence-electron chi connectivity index (χ4n) is 4.58. The zero-order chi connectivity index (χ0) is 22.1. The number of rotatable bonds is 3. The molecular formula is C26H26N4O2. The molecular weight excluding hydrogens is 400 g/mol. The van der Waals surface area contributed by atoms with E-state index in [1.807, 2.05) is 64.4 Å². The van der Waals surface area contributed by atoms with Gasteiger partial charge in [-0.1, -0.05) is 24.3 Å². The van der Waals surface area contributed by atoms with E-state index in [0.717, 1.165) is 48.7 Å². The summed E-state index contributed by atoms with van der Waals surface area (Å²) in [5, 5.41) is 0. The average molecular weight is 427 g/mol. The Morgan fingerprint density at radius 3 is 2.28 bits per heavy atom. The van der Waals surface area contributed by atoms with Gasteiger partial charge in [-0.2, -0.15) is 0 Å². The van der Waals surface area contributed by atoms with Crippen LogP contribution in [0.3, 0.4) is 0 Å². The van der Waals surface area contributed by atoms with Gasteiger partial charge in [0.05, 0.1) is 0 Å². The first-order valence-electron chi connectivity index (χ1n) is 11.1. The fourth-order valence-corrected chi connectivity index (χ4v) is 4.58. The molecule has 32 heavy (non-hydrogen) atoms. The first-order chi connectivity index (χ1) is 15.6. The molecule has 2 aromatic carbocycles. The molecule has 0 bridgehead atoms. The summed E-state index contributed by atoms with van der Waals surface area (Å²) in [6.07, 6.45) is 2.68. The van der Waals surface area contributed by atoms with E-state index in [9.17, 15) is 9.59 Å². The highest BCUT2D eigenvalue weighted by Crippen LogP contribution is 2.32. The zero-order valence-electron chi connectivity index (χ0n) is 18.2. The van der Waals surface area contributed by atoms with Gasteiger partial charge in [-0.15, -0.1) is 0 Å². The van der Waals surface area contributed by atoms with Crippen LogP contribution in [-0.2, 0) is 11.2 Å². The Hall–Kier alpha value is -3.67. The minimum atomic E-state index is 0.0725. The Labute approximate surface area is 188 Å². The molecule has 0 radical (unpaired) electrons. The van der Waals surface area contributed by atoms with Gasteiger partial charge in [0.1, 0.15) is 5.82 Å². The van der Waals surface area contributed by atoms with Crippen molar-refractivity contribution in [2.24, 2.45) is 0 Å². The number of anilines is 2. The number of carbonyl (C=O) groups excluding carboxylic acids is 2. The van der Waals surface area contributed by atoms with Crippen molar-refractivity contribution in [3.63, 3.8) is 0 Å². The molecule has 0 saturated carbocycles. The molecule has 2 aliphatic heterocycles. The monoisotopic (exact) mass is 426 g/mol. The molecule has 0 spiro atoms. The van der Waals surface area contributed by atoms with Crippen LogP contribution in [0.4, 0.5) is 11.5 Å². The maximum absolute atomic E-state index is 13.0. The molecule has 3 aromatic rings. The van der Waals surface area contributed by atoms with Crippen molar-refractivity contribution in [1.82, 2.24) is 9.88 Å². The number of pyridine rings is 1. The van der Waals surface area contributed by atoms with Gasteiger partial charge in [-0.25, -0.2) is 4.98 Å². The normalized spacial score (nSPS) is 15.6. The number of benzene rings is 2. The summed E-state index contributed by atoms with van der Waals surface area (Å²) in [6, 6.07) is 20.0. The van der Waals surface area contributed by atoms with Crippen molar-refractivity contribution in [3.05, 3.63) is 78.0 Å². The van der Waals surface area contributed by atoms with Crippen LogP contribution in [0.5, 0.6) is 0 Å². The van der Waals surface area contributed by atoms with Crippen molar-refractivity contribution >= 4 is 23.3 Å². The Bertz CT molecular complexity index is 1140. The van der Waals surface area contributed by atoms with Crippen molar-refractivity contribution in [2.75, 3.05) is 42.5 Å². The Balaban J connectivity index is 1.25. The minimum Gasteiger partial charge on any atom is -0.353 e. The molecule has 3 heterocycles. The van der Waals surface area contributed by atoms with Crippen molar-refractivity contribution in [3.8, 4) is 11.1 Å². The van der Waals surface area contributed by atoms with E-state index in [-0.39, 0.29) is 11.8 Å². The zero-order valence-corrected chi connectivity index (χ0v) is 18.2. The second kappa shape index (κ2) is 8.46. The lowest BCUT2D eigenvalue weighted by Crippen LogP contribution is -2.49. The van der Waals surface area contributed by atoms with Crippen LogP contribution in [0, 0.1) is 0 Å². The molecule has 0 aliphatic carbocycles. The van der Waals surface area contributed by atoms with E-state index in [1.54, 1.807) is 13.1 Å². The third kappa shape index (κ3) is 3.84. The van der Waals surface area contributed by atoms with Crippen molar-refractivity contribution in [1.29, 1.82) is 0 Å². The Morgan fingerprint density at radius 2 is 1.59 bits per heavy atom. The van der Waals surface area contributed by atoms with E-state index in [2.05, 4.69) is 16.0 Å². The number of amides is 2. The standard InChI is InChI=1S/C26H26N4O2/c1-19(31)30-13-11-23-18-22(9-10-24(23)30)20-5-7-21(8-6-20)26(32)29-16-14-28(15-17-29)25-4-2-3-12-27-25/h2-10,12,18H,11,13-17H2,1H3. The summed E-state index contributed by atoms with van der Waals surface area (Å²) >= 11 is 0. The summed E-state index contributed by atoms with van der Waals surface area (Å²) in [4.78, 5) is 35.1. The minimum absolute atomic E-state index is 0.0725. The maximum atomic E-state index is 13.0. The predicted molar refractivity (Wildman–Crippen MR) is 126 cm³/mol. The highest BCUT2D eigenvalue weighted by molar-refractivity contribution is 5.95. The van der Waals surface area contributed by atoms with E-state index in [1.165, 1.54) is 5.56 Å². The van der Waals surface area contributed by atoms with Gasteiger partial charge in [0.25, 0.3) is 5.91 Å². The van der Waals surface area contributed by atoms with Gasteiger partial charge >= 0.3 is 0 Å². The molecule has 6 heteroatoms. The third-order valence-electron chi connectivity index (χ3n) is 6.36. The van der Waals surface area contributed by atoms with Crippen molar-refractivity contribution < 1.29 is 9.59 Å². The molecule has 1 aromatic heterocycles. The van der Waals surface area contributed by atoms with E-state index >= 15 is 0 Å². The van der Waals surface area contributed by atoms with Crippen LogP contribution in [0.1, 0.15) is 22.8 Å². The molecule has 6 nitrogen and oxygen atoms in total. The summed E-state index contributed by atoms with van der Waals surface area (Å²) in [5.41, 5.74) is 5.10. The third-order valence-corrected chi connectivity index (χ3v) is 6.36. The van der Waals surface area contributed by atoms with Crippen LogP contribution < -0.4 is 9.80 Å². The second-order valence-corrected chi connectivity index (χ2v) is 8.31. The van der Waals surface area contributed by atoms with Crippen LogP contribution in [0.25, 0.3) is 11.1 Å². The first kappa shape index (κ1) is 20.2. The number of nitrogens with zero attached hydrogens (tertiary/aromatic N) is 4. The molecule has 1 saturated heterocycles. The molecule has 0 N–H and O–H groups in total. The summed E-state index contributed by atoms with van der Waals surface area (Å²) < 4.78 is 0. The van der Waals surface area contributed by atoms with Gasteiger partial charge in [0.15, 0.2) is 0 Å². The topological polar surface area (TPSA) is 56.8 Å². The SMILES string of the molecule is CC(=O)N1CCc2cc(-c3ccc(C(=O)N4CCN(c5ccccn5)CC4)cc3)ccc21. The van der Waals surface area contributed by atoms with Crippen LogP contribution in [-0.4, -0.2) is 54.4 Å². The molecule has 1 fully saturated rings. The molecule has 162 valence electrons. The number of hydrogen-bond acceptors (Lipinski definition) is 4. The van der Waals surface area contributed by atoms with Crippen LogP contribution in [0.15, 0.2) is 66.9 Å². The highest BCUT2D eigenvalue weighted by Gasteiger charge is 2.24. The van der Waals surface area contributed by atoms with Gasteiger partial charge in [0.2, 0.25) is 5.91 Å². The lowest BCUT2D eigenvalue weighted by molar-refractivity contribution is -0.116. The molecule has 0 unspecified atom stereocenters. The summed E-state index contributed by atoms with van der Waals surface area (Å²) in [6.45, 7) is 5.30. The van der Waals surface area contributed by atoms with E-state index in [0.29, 0.717) is 18.7 Å². The van der Waals surface area contributed by atoms with Gasteiger partial charge in [0, 0.05) is 57.1 Å². The number of aromatic nitrogens is 1. The molecule has 2 amide bonds. The average Bonchev–Trinajstić information content (AvgIpc) is 3.28. The maximum Gasteiger partial charge on any atom is 0.253 e. The molecule has 0 atom stereocenters. The number of fused-ring (bicyclic) bond motifs is 1. The smallest absolute Gasteiger partial charge is 0.253 e. The Morgan fingerprint density at radius 1 is 0.844 bits per heavy atom. The highest BCUT2D eigenvalue weighted by atomic mass is 16.2. The fraction of sp³-hybridized carbons (Fsp3) is 0.269. The van der Waals surface area contributed by atoms with E-state index < -0.39 is 0 Å². The molecule has 2 aliphatic rings. The van der Waals surface area contributed by atoms with Crippen LogP contribution in [0.2, 0.25) is 0 Å².